The van der Waals surface area contributed by atoms with Gasteiger partial charge in [0, 0.05) is 30.6 Å². The van der Waals surface area contributed by atoms with Crippen molar-refractivity contribution in [2.75, 3.05) is 19.6 Å². The van der Waals surface area contributed by atoms with Crippen molar-refractivity contribution in [3.8, 4) is 0 Å². The van der Waals surface area contributed by atoms with E-state index in [-0.39, 0.29) is 23.8 Å². The Morgan fingerprint density at radius 1 is 1.27 bits per heavy atom. The average molecular weight is 434 g/mol. The first-order chi connectivity index (χ1) is 14.5. The highest BCUT2D eigenvalue weighted by molar-refractivity contribution is 6.30. The fourth-order valence-corrected chi connectivity index (χ4v) is 4.01. The molecule has 0 spiro atoms. The van der Waals surface area contributed by atoms with E-state index >= 15 is 0 Å². The highest BCUT2D eigenvalue weighted by Crippen LogP contribution is 2.18. The summed E-state index contributed by atoms with van der Waals surface area (Å²) in [4.78, 5) is 27.3. The molecule has 0 unspecified atom stereocenters. The third kappa shape index (κ3) is 7.86. The van der Waals surface area contributed by atoms with Crippen molar-refractivity contribution in [3.63, 3.8) is 0 Å². The van der Waals surface area contributed by atoms with E-state index in [1.54, 1.807) is 6.08 Å². The number of nitrogens with two attached hydrogens (primary N) is 1. The van der Waals surface area contributed by atoms with Crippen molar-refractivity contribution in [3.05, 3.63) is 40.9 Å². The summed E-state index contributed by atoms with van der Waals surface area (Å²) < 4.78 is 0. The first-order valence-corrected chi connectivity index (χ1v) is 11.6. The van der Waals surface area contributed by atoms with E-state index in [4.69, 9.17) is 17.3 Å². The Morgan fingerprint density at radius 2 is 1.97 bits per heavy atom. The number of nitrogens with zero attached hydrogens (tertiary/aromatic N) is 1. The molecule has 0 radical (unpaired) electrons. The highest BCUT2D eigenvalue weighted by atomic mass is 35.5. The normalized spacial score (nSPS) is 20.2. The van der Waals surface area contributed by atoms with Crippen LogP contribution in [0.1, 0.15) is 57.9 Å². The van der Waals surface area contributed by atoms with Crippen LogP contribution in [0.2, 0.25) is 5.02 Å². The van der Waals surface area contributed by atoms with Crippen LogP contribution in [-0.4, -0.2) is 48.3 Å². The summed E-state index contributed by atoms with van der Waals surface area (Å²) in [6.45, 7) is 6.38. The lowest BCUT2D eigenvalue weighted by molar-refractivity contribution is -0.133. The second kappa shape index (κ2) is 12.9. The van der Waals surface area contributed by atoms with Gasteiger partial charge in [-0.05, 0) is 55.5 Å². The molecule has 1 aliphatic rings. The van der Waals surface area contributed by atoms with Crippen LogP contribution in [0, 0.1) is 5.92 Å². The Balaban J connectivity index is 1.92. The van der Waals surface area contributed by atoms with Gasteiger partial charge >= 0.3 is 0 Å². The summed E-state index contributed by atoms with van der Waals surface area (Å²) >= 11 is 5.89. The molecule has 1 amide bonds. The maximum absolute atomic E-state index is 13.0. The van der Waals surface area contributed by atoms with Crippen LogP contribution in [-0.2, 0) is 9.59 Å². The van der Waals surface area contributed by atoms with Crippen LogP contribution in [0.4, 0.5) is 0 Å². The predicted molar refractivity (Wildman–Crippen MR) is 124 cm³/mol. The Kier molecular flexibility index (Phi) is 10.6. The van der Waals surface area contributed by atoms with Gasteiger partial charge in [0.1, 0.15) is 0 Å². The predicted octanol–water partition coefficient (Wildman–Crippen LogP) is 4.05. The number of hydrogen-bond acceptors (Lipinski definition) is 4. The zero-order chi connectivity index (χ0) is 21.9. The van der Waals surface area contributed by atoms with Crippen molar-refractivity contribution in [1.82, 2.24) is 10.2 Å². The van der Waals surface area contributed by atoms with Gasteiger partial charge in [-0.1, -0.05) is 56.5 Å². The summed E-state index contributed by atoms with van der Waals surface area (Å²) in [6.07, 6.45) is 8.26. The van der Waals surface area contributed by atoms with E-state index in [1.807, 2.05) is 35.2 Å². The summed E-state index contributed by atoms with van der Waals surface area (Å²) in [5.74, 6) is 0.777. The number of amides is 1. The first-order valence-electron chi connectivity index (χ1n) is 11.2. The second-order valence-corrected chi connectivity index (χ2v) is 8.58. The minimum absolute atomic E-state index is 0.0894. The maximum atomic E-state index is 13.0. The van der Waals surface area contributed by atoms with Crippen LogP contribution >= 0.6 is 11.6 Å². The van der Waals surface area contributed by atoms with Crippen molar-refractivity contribution >= 4 is 29.4 Å². The molecule has 1 fully saturated rings. The molecule has 2 rings (SSSR count). The van der Waals surface area contributed by atoms with E-state index in [0.717, 1.165) is 44.3 Å². The summed E-state index contributed by atoms with van der Waals surface area (Å²) in [5.41, 5.74) is 6.71. The van der Waals surface area contributed by atoms with Gasteiger partial charge in [-0.15, -0.1) is 0 Å². The van der Waals surface area contributed by atoms with Gasteiger partial charge in [0.15, 0.2) is 5.78 Å². The summed E-state index contributed by atoms with van der Waals surface area (Å²) in [7, 11) is 0. The zero-order valence-electron chi connectivity index (χ0n) is 18.3. The number of benzene rings is 1. The van der Waals surface area contributed by atoms with Gasteiger partial charge in [-0.25, -0.2) is 0 Å². The van der Waals surface area contributed by atoms with Crippen molar-refractivity contribution < 1.29 is 9.59 Å². The lowest BCUT2D eigenvalue weighted by Crippen LogP contribution is -2.47. The number of carbonyl (C=O) groups is 2. The van der Waals surface area contributed by atoms with Gasteiger partial charge in [0.05, 0.1) is 6.04 Å². The van der Waals surface area contributed by atoms with Gasteiger partial charge in [0.2, 0.25) is 5.91 Å². The quantitative estimate of drug-likeness (QED) is 0.516. The number of hydrogen-bond donors (Lipinski definition) is 2. The van der Waals surface area contributed by atoms with Crippen LogP contribution < -0.4 is 11.1 Å². The number of carbonyl (C=O) groups excluding carboxylic acids is 2. The Morgan fingerprint density at radius 3 is 2.60 bits per heavy atom. The Hall–Kier alpha value is -1.69. The summed E-state index contributed by atoms with van der Waals surface area (Å²) in [6, 6.07) is 7.28. The van der Waals surface area contributed by atoms with Crippen LogP contribution in [0.25, 0.3) is 6.08 Å². The molecule has 0 aliphatic carbocycles. The molecule has 0 aromatic heterocycles. The van der Waals surface area contributed by atoms with Crippen molar-refractivity contribution in [1.29, 1.82) is 0 Å². The third-order valence-corrected chi connectivity index (χ3v) is 6.21. The molecule has 1 aromatic rings. The molecule has 6 heteroatoms. The highest BCUT2D eigenvalue weighted by Gasteiger charge is 2.31. The molecular formula is C24H36ClN3O2. The molecule has 1 aromatic carbocycles. The van der Waals surface area contributed by atoms with Crippen LogP contribution in [0.15, 0.2) is 30.3 Å². The molecule has 0 bridgehead atoms. The van der Waals surface area contributed by atoms with Gasteiger partial charge in [-0.2, -0.15) is 0 Å². The van der Waals surface area contributed by atoms with E-state index in [0.29, 0.717) is 30.3 Å². The SMILES string of the molecule is CCC(CC)CN1CC[C@@H](CCC(=O)/C=C/c2ccc(Cl)cc2)N[C@@H](CCN)C1=O. The van der Waals surface area contributed by atoms with Crippen molar-refractivity contribution in [2.45, 2.75) is 64.5 Å². The number of ketones is 1. The van der Waals surface area contributed by atoms with E-state index in [9.17, 15) is 9.59 Å². The molecular weight excluding hydrogens is 398 g/mol. The monoisotopic (exact) mass is 433 g/mol. The second-order valence-electron chi connectivity index (χ2n) is 8.14. The van der Waals surface area contributed by atoms with Gasteiger partial charge in [0.25, 0.3) is 0 Å². The molecule has 5 nitrogen and oxygen atoms in total. The third-order valence-electron chi connectivity index (χ3n) is 5.95. The van der Waals surface area contributed by atoms with E-state index < -0.39 is 0 Å². The van der Waals surface area contributed by atoms with Crippen LogP contribution in [0.3, 0.4) is 0 Å². The molecule has 3 N–H and O–H groups in total. The fraction of sp³-hybridized carbons (Fsp3) is 0.583. The summed E-state index contributed by atoms with van der Waals surface area (Å²) in [5, 5.41) is 4.16. The van der Waals surface area contributed by atoms with E-state index in [2.05, 4.69) is 19.2 Å². The molecule has 0 saturated carbocycles. The lowest BCUT2D eigenvalue weighted by Gasteiger charge is -2.27. The van der Waals surface area contributed by atoms with Gasteiger partial charge in [-0.3, -0.25) is 9.59 Å². The molecule has 2 atom stereocenters. The molecule has 166 valence electrons. The Labute approximate surface area is 186 Å². The Bertz CT molecular complexity index is 701. The molecule has 1 aliphatic heterocycles. The molecule has 30 heavy (non-hydrogen) atoms. The minimum atomic E-state index is -0.253. The number of nitrogens with one attached hydrogen (secondary N) is 1. The number of rotatable bonds is 11. The van der Waals surface area contributed by atoms with Crippen LogP contribution in [0.5, 0.6) is 0 Å². The largest absolute Gasteiger partial charge is 0.341 e. The minimum Gasteiger partial charge on any atom is -0.341 e. The lowest BCUT2D eigenvalue weighted by atomic mass is 10.0. The first kappa shape index (κ1) is 24.6. The fourth-order valence-electron chi connectivity index (χ4n) is 3.89. The number of halogens is 1. The van der Waals surface area contributed by atoms with Crippen molar-refractivity contribution in [2.24, 2.45) is 11.7 Å². The smallest absolute Gasteiger partial charge is 0.239 e. The topological polar surface area (TPSA) is 75.4 Å². The van der Waals surface area contributed by atoms with Gasteiger partial charge < -0.3 is 16.0 Å². The molecule has 1 saturated heterocycles. The van der Waals surface area contributed by atoms with E-state index in [1.165, 1.54) is 0 Å². The zero-order valence-corrected chi connectivity index (χ0v) is 19.0. The molecule has 1 heterocycles. The number of allylic oxidation sites excluding steroid dienone is 1. The maximum Gasteiger partial charge on any atom is 0.239 e. The average Bonchev–Trinajstić information content (AvgIpc) is 2.89. The standard InChI is InChI=1S/C24H36ClN3O2/c1-3-18(4-2)17-28-16-14-21(27-23(13-15-26)24(28)30)10-12-22(29)11-7-19-5-8-20(25)9-6-19/h5-9,11,18,21,23,27H,3-4,10,12-17,26H2,1-2H3/b11-7+/t21-,23+/m1/s1.